The molecule has 0 bridgehead atoms. The highest BCUT2D eigenvalue weighted by molar-refractivity contribution is 6.14. The molecule has 2 aliphatic rings. The molecule has 0 aliphatic carbocycles. The van der Waals surface area contributed by atoms with Crippen LogP contribution in [0.1, 0.15) is 18.1 Å². The number of fused-ring (bicyclic) bond motifs is 1. The number of methoxy groups -OCH3 is 2. The van der Waals surface area contributed by atoms with E-state index in [1.165, 1.54) is 0 Å². The van der Waals surface area contributed by atoms with Crippen LogP contribution >= 0.6 is 0 Å². The van der Waals surface area contributed by atoms with Gasteiger partial charge in [-0.25, -0.2) is 14.8 Å². The van der Waals surface area contributed by atoms with Gasteiger partial charge in [0.25, 0.3) is 0 Å². The fourth-order valence-electron chi connectivity index (χ4n) is 5.19. The van der Waals surface area contributed by atoms with Crippen LogP contribution in [-0.2, 0) is 9.53 Å². The van der Waals surface area contributed by atoms with Crippen molar-refractivity contribution in [1.29, 1.82) is 0 Å². The molecule has 0 amide bonds. The van der Waals surface area contributed by atoms with Crippen LogP contribution in [0.2, 0.25) is 0 Å². The van der Waals surface area contributed by atoms with Gasteiger partial charge in [0.05, 0.1) is 32.2 Å². The van der Waals surface area contributed by atoms with Crippen molar-refractivity contribution in [3.8, 4) is 11.5 Å². The highest BCUT2D eigenvalue weighted by Crippen LogP contribution is 2.38. The number of hydrazone groups is 2. The highest BCUT2D eigenvalue weighted by atomic mass is 16.5. The maximum Gasteiger partial charge on any atom is 0.351 e. The molecular formula is C33H31N5O4. The van der Waals surface area contributed by atoms with E-state index in [4.69, 9.17) is 24.4 Å². The molecule has 2 aliphatic heterocycles. The number of esters is 1. The van der Waals surface area contributed by atoms with E-state index in [0.717, 1.165) is 28.3 Å². The number of ether oxygens (including phenoxy) is 3. The van der Waals surface area contributed by atoms with Gasteiger partial charge in [-0.2, -0.15) is 10.2 Å². The monoisotopic (exact) mass is 561 g/mol. The van der Waals surface area contributed by atoms with Gasteiger partial charge in [-0.3, -0.25) is 4.90 Å². The van der Waals surface area contributed by atoms with Crippen LogP contribution in [-0.4, -0.2) is 55.6 Å². The molecule has 6 rings (SSSR count). The Morgan fingerprint density at radius 1 is 0.690 bits per heavy atom. The van der Waals surface area contributed by atoms with Crippen molar-refractivity contribution in [2.24, 2.45) is 10.2 Å². The second-order valence-corrected chi connectivity index (χ2v) is 9.63. The van der Waals surface area contributed by atoms with E-state index in [0.29, 0.717) is 17.3 Å². The van der Waals surface area contributed by atoms with Crippen LogP contribution in [0, 0.1) is 0 Å². The lowest BCUT2D eigenvalue weighted by atomic mass is 10.0. The summed E-state index contributed by atoms with van der Waals surface area (Å²) in [7, 11) is 3.26. The van der Waals surface area contributed by atoms with E-state index < -0.39 is 18.3 Å². The van der Waals surface area contributed by atoms with E-state index in [1.54, 1.807) is 26.2 Å². The summed E-state index contributed by atoms with van der Waals surface area (Å²) in [6, 6.07) is 34.9. The van der Waals surface area contributed by atoms with Crippen molar-refractivity contribution < 1.29 is 19.0 Å². The van der Waals surface area contributed by atoms with Gasteiger partial charge in [0.2, 0.25) is 6.17 Å². The van der Waals surface area contributed by atoms with Gasteiger partial charge in [0, 0.05) is 11.1 Å². The fourth-order valence-corrected chi connectivity index (χ4v) is 5.19. The maximum atomic E-state index is 13.9. The third-order valence-corrected chi connectivity index (χ3v) is 7.17. The van der Waals surface area contributed by atoms with Crippen LogP contribution in [0.15, 0.2) is 119 Å². The molecule has 42 heavy (non-hydrogen) atoms. The topological polar surface area (TPSA) is 79.2 Å². The predicted molar refractivity (Wildman–Crippen MR) is 163 cm³/mol. The molecule has 0 radical (unpaired) electrons. The minimum absolute atomic E-state index is 0.222. The van der Waals surface area contributed by atoms with Gasteiger partial charge in [-0.15, -0.1) is 0 Å². The Bertz CT molecular complexity index is 1590. The number of amidine groups is 1. The first kappa shape index (κ1) is 26.9. The number of rotatable bonds is 8. The summed E-state index contributed by atoms with van der Waals surface area (Å²) in [5, 5.41) is 13.9. The van der Waals surface area contributed by atoms with Gasteiger partial charge >= 0.3 is 5.97 Å². The van der Waals surface area contributed by atoms with Crippen LogP contribution < -0.4 is 19.5 Å². The number of benzene rings is 4. The summed E-state index contributed by atoms with van der Waals surface area (Å²) in [6.45, 7) is 2.02. The summed E-state index contributed by atoms with van der Waals surface area (Å²) >= 11 is 0. The number of carbonyl (C=O) groups is 1. The number of hydrogen-bond donors (Lipinski definition) is 0. The zero-order chi connectivity index (χ0) is 29.1. The Kier molecular flexibility index (Phi) is 7.47. The van der Waals surface area contributed by atoms with Gasteiger partial charge in [0.1, 0.15) is 17.2 Å². The third kappa shape index (κ3) is 4.89. The Hall–Kier alpha value is -5.31. The first-order chi connectivity index (χ1) is 20.6. The maximum absolute atomic E-state index is 13.9. The Labute approximate surface area is 244 Å². The van der Waals surface area contributed by atoms with Crippen molar-refractivity contribution in [1.82, 2.24) is 4.90 Å². The number of anilines is 2. The normalized spacial score (nSPS) is 17.7. The highest BCUT2D eigenvalue weighted by Gasteiger charge is 2.51. The molecule has 9 heteroatoms. The van der Waals surface area contributed by atoms with Crippen molar-refractivity contribution in [2.75, 3.05) is 30.8 Å². The Morgan fingerprint density at radius 3 is 1.74 bits per heavy atom. The van der Waals surface area contributed by atoms with Crippen LogP contribution in [0.4, 0.5) is 11.4 Å². The number of nitrogens with zero attached hydrogens (tertiary/aromatic N) is 5. The SMILES string of the molecule is CCOC(=O)C1N(c2ccc(OC)cc2)N=C(c2ccccc2)C2N(c3ccc(OC)cc3)N=C(c3ccccc3)N12. The van der Waals surface area contributed by atoms with Gasteiger partial charge < -0.3 is 14.2 Å². The Morgan fingerprint density at radius 2 is 1.21 bits per heavy atom. The summed E-state index contributed by atoms with van der Waals surface area (Å²) in [5.41, 5.74) is 4.00. The van der Waals surface area contributed by atoms with E-state index in [-0.39, 0.29) is 6.61 Å². The van der Waals surface area contributed by atoms with Crippen molar-refractivity contribution in [2.45, 2.75) is 19.3 Å². The average molecular weight is 562 g/mol. The molecule has 0 saturated carbocycles. The first-order valence-corrected chi connectivity index (χ1v) is 13.7. The lowest BCUT2D eigenvalue weighted by molar-refractivity contribution is -0.148. The third-order valence-electron chi connectivity index (χ3n) is 7.17. The smallest absolute Gasteiger partial charge is 0.351 e. The molecule has 4 aromatic rings. The summed E-state index contributed by atoms with van der Waals surface area (Å²) in [4.78, 5) is 15.9. The van der Waals surface area contributed by atoms with E-state index in [2.05, 4.69) is 0 Å². The summed E-state index contributed by atoms with van der Waals surface area (Å²) in [6.07, 6.45) is -1.50. The standard InChI is InChI=1S/C33H31N5O4/c1-4-42-33(39)32-36-30(24-13-9-6-10-14-24)35-37(25-15-19-27(40-2)20-16-25)31(36)29(23-11-7-5-8-12-23)34-38(32)26-17-21-28(41-3)22-18-26/h5-22,31-32H,4H2,1-3H3. The van der Waals surface area contributed by atoms with Crippen molar-refractivity contribution >= 4 is 28.9 Å². The molecule has 0 aromatic heterocycles. The quantitative estimate of drug-likeness (QED) is 0.269. The largest absolute Gasteiger partial charge is 0.497 e. The molecule has 2 heterocycles. The number of carbonyl (C=O) groups excluding carboxylic acids is 1. The molecule has 2 atom stereocenters. The molecule has 4 aromatic carbocycles. The molecule has 0 N–H and O–H groups in total. The second kappa shape index (κ2) is 11.7. The van der Waals surface area contributed by atoms with Crippen molar-refractivity contribution in [3.05, 3.63) is 120 Å². The fraction of sp³-hybridized carbons (Fsp3) is 0.182. The van der Waals surface area contributed by atoms with Crippen LogP contribution in [0.3, 0.4) is 0 Å². The van der Waals surface area contributed by atoms with E-state index >= 15 is 0 Å². The second-order valence-electron chi connectivity index (χ2n) is 9.63. The molecule has 2 unspecified atom stereocenters. The predicted octanol–water partition coefficient (Wildman–Crippen LogP) is 5.33. The van der Waals surface area contributed by atoms with Gasteiger partial charge in [0.15, 0.2) is 12.0 Å². The zero-order valence-electron chi connectivity index (χ0n) is 23.6. The minimum atomic E-state index is -0.946. The van der Waals surface area contributed by atoms with E-state index in [9.17, 15) is 4.79 Å². The summed E-state index contributed by atoms with van der Waals surface area (Å²) in [5.74, 6) is 1.62. The molecule has 0 fully saturated rings. The summed E-state index contributed by atoms with van der Waals surface area (Å²) < 4.78 is 16.5. The van der Waals surface area contributed by atoms with Crippen molar-refractivity contribution in [3.63, 3.8) is 0 Å². The molecule has 212 valence electrons. The average Bonchev–Trinajstić information content (AvgIpc) is 3.45. The first-order valence-electron chi connectivity index (χ1n) is 13.7. The molecule has 0 saturated heterocycles. The Balaban J connectivity index is 1.60. The van der Waals surface area contributed by atoms with Gasteiger partial charge in [-0.1, -0.05) is 60.7 Å². The van der Waals surface area contributed by atoms with Crippen LogP contribution in [0.5, 0.6) is 11.5 Å². The van der Waals surface area contributed by atoms with Gasteiger partial charge in [-0.05, 0) is 55.5 Å². The molecular weight excluding hydrogens is 530 g/mol. The van der Waals surface area contributed by atoms with E-state index in [1.807, 2.05) is 119 Å². The lowest BCUT2D eigenvalue weighted by Crippen LogP contribution is -2.64. The lowest BCUT2D eigenvalue weighted by Gasteiger charge is -2.44. The zero-order valence-corrected chi connectivity index (χ0v) is 23.6. The molecule has 0 spiro atoms. The molecule has 9 nitrogen and oxygen atoms in total. The number of hydrogen-bond acceptors (Lipinski definition) is 9. The van der Waals surface area contributed by atoms with Crippen LogP contribution in [0.25, 0.3) is 0 Å². The minimum Gasteiger partial charge on any atom is -0.497 e.